The first-order valence-corrected chi connectivity index (χ1v) is 12.3. The summed E-state index contributed by atoms with van der Waals surface area (Å²) >= 11 is 0. The number of halogens is 1. The van der Waals surface area contributed by atoms with Crippen molar-refractivity contribution in [2.45, 2.75) is 58.3 Å². The molecule has 0 unspecified atom stereocenters. The molecule has 182 valence electrons. The van der Waals surface area contributed by atoms with Crippen LogP contribution in [0.15, 0.2) is 42.9 Å². The fraction of sp³-hybridized carbons (Fsp3) is 0.429. The van der Waals surface area contributed by atoms with E-state index in [1.165, 1.54) is 16.7 Å². The Kier molecular flexibility index (Phi) is 6.03. The van der Waals surface area contributed by atoms with E-state index >= 15 is 0 Å². The monoisotopic (exact) mass is 472 g/mol. The van der Waals surface area contributed by atoms with Gasteiger partial charge in [-0.05, 0) is 65.5 Å². The maximum atomic E-state index is 13.6. The van der Waals surface area contributed by atoms with Gasteiger partial charge in [0.05, 0.1) is 12.0 Å². The Labute approximate surface area is 206 Å². The Morgan fingerprint density at radius 3 is 2.51 bits per heavy atom. The van der Waals surface area contributed by atoms with E-state index in [0.29, 0.717) is 5.92 Å². The van der Waals surface area contributed by atoms with Crippen molar-refractivity contribution in [2.24, 2.45) is 7.05 Å². The maximum Gasteiger partial charge on any atom is 0.227 e. The number of rotatable bonds is 4. The number of nitrogens with zero attached hydrogens (tertiary/aromatic N) is 6. The van der Waals surface area contributed by atoms with Crippen LogP contribution in [0.4, 0.5) is 10.3 Å². The SMILES string of the molecule is Cc1ccc(C(C)(C)C)cc1Cc1nc(N2CCC(c3ccnc(F)c3)CC2)nc2ncn(C)c12. The molecule has 3 aromatic heterocycles. The van der Waals surface area contributed by atoms with Gasteiger partial charge in [-0.15, -0.1) is 0 Å². The molecule has 0 atom stereocenters. The van der Waals surface area contributed by atoms with Crippen molar-refractivity contribution in [2.75, 3.05) is 18.0 Å². The first kappa shape index (κ1) is 23.4. The standard InChI is InChI=1S/C28H33FN6/c1-18-6-7-22(28(2,3)4)14-21(18)15-23-25-26(31-17-34(25)5)33-27(32-23)35-12-9-19(10-13-35)20-8-11-30-24(29)16-20/h6-8,11,14,16-17,19H,9-10,12-13,15H2,1-5H3. The highest BCUT2D eigenvalue weighted by atomic mass is 19.1. The van der Waals surface area contributed by atoms with Gasteiger partial charge in [-0.25, -0.2) is 15.0 Å². The van der Waals surface area contributed by atoms with E-state index in [0.717, 1.165) is 60.7 Å². The maximum absolute atomic E-state index is 13.6. The fourth-order valence-electron chi connectivity index (χ4n) is 4.98. The molecule has 7 heteroatoms. The minimum Gasteiger partial charge on any atom is -0.341 e. The van der Waals surface area contributed by atoms with Crippen molar-refractivity contribution >= 4 is 17.1 Å². The highest BCUT2D eigenvalue weighted by Crippen LogP contribution is 2.31. The smallest absolute Gasteiger partial charge is 0.227 e. The summed E-state index contributed by atoms with van der Waals surface area (Å²) in [6.45, 7) is 10.5. The zero-order valence-electron chi connectivity index (χ0n) is 21.2. The summed E-state index contributed by atoms with van der Waals surface area (Å²) in [5, 5.41) is 0. The van der Waals surface area contributed by atoms with E-state index in [1.54, 1.807) is 12.3 Å². The molecule has 0 N–H and O–H groups in total. The van der Waals surface area contributed by atoms with E-state index in [4.69, 9.17) is 9.97 Å². The van der Waals surface area contributed by atoms with Gasteiger partial charge in [0.25, 0.3) is 0 Å². The molecular formula is C28H33FN6. The summed E-state index contributed by atoms with van der Waals surface area (Å²) in [5.41, 5.74) is 7.69. The van der Waals surface area contributed by atoms with E-state index in [-0.39, 0.29) is 5.41 Å². The third-order valence-corrected chi connectivity index (χ3v) is 7.20. The van der Waals surface area contributed by atoms with Gasteiger partial charge in [0.15, 0.2) is 5.65 Å². The Morgan fingerprint density at radius 1 is 1.03 bits per heavy atom. The van der Waals surface area contributed by atoms with Crippen LogP contribution in [0.5, 0.6) is 0 Å². The zero-order valence-corrected chi connectivity index (χ0v) is 21.2. The molecule has 0 radical (unpaired) electrons. The quantitative estimate of drug-likeness (QED) is 0.368. The third-order valence-electron chi connectivity index (χ3n) is 7.20. The minimum absolute atomic E-state index is 0.0865. The molecule has 0 amide bonds. The Bertz CT molecular complexity index is 1360. The van der Waals surface area contributed by atoms with Crippen molar-refractivity contribution in [1.29, 1.82) is 0 Å². The molecule has 4 heterocycles. The van der Waals surface area contributed by atoms with Crippen LogP contribution < -0.4 is 4.90 Å². The summed E-state index contributed by atoms with van der Waals surface area (Å²) in [6.07, 6.45) is 5.95. The largest absolute Gasteiger partial charge is 0.341 e. The van der Waals surface area contributed by atoms with E-state index in [1.807, 2.05) is 24.0 Å². The lowest BCUT2D eigenvalue weighted by molar-refractivity contribution is 0.493. The molecule has 5 rings (SSSR count). The number of hydrogen-bond donors (Lipinski definition) is 0. The number of benzene rings is 1. The van der Waals surface area contributed by atoms with Gasteiger partial charge in [-0.1, -0.05) is 39.0 Å². The number of pyridine rings is 1. The highest BCUT2D eigenvalue weighted by molar-refractivity contribution is 5.75. The van der Waals surface area contributed by atoms with Gasteiger partial charge in [-0.3, -0.25) is 0 Å². The van der Waals surface area contributed by atoms with Gasteiger partial charge >= 0.3 is 0 Å². The van der Waals surface area contributed by atoms with Crippen molar-refractivity contribution in [3.8, 4) is 0 Å². The molecule has 0 saturated carbocycles. The topological polar surface area (TPSA) is 59.7 Å². The molecule has 6 nitrogen and oxygen atoms in total. The number of imidazole rings is 1. The molecule has 1 saturated heterocycles. The van der Waals surface area contributed by atoms with Crippen LogP contribution in [-0.2, 0) is 18.9 Å². The van der Waals surface area contributed by atoms with Crippen molar-refractivity contribution in [1.82, 2.24) is 24.5 Å². The zero-order chi connectivity index (χ0) is 24.7. The lowest BCUT2D eigenvalue weighted by Gasteiger charge is -2.32. The van der Waals surface area contributed by atoms with Crippen LogP contribution in [0.1, 0.15) is 67.5 Å². The third kappa shape index (κ3) is 4.77. The van der Waals surface area contributed by atoms with Gasteiger partial charge in [-0.2, -0.15) is 9.37 Å². The molecule has 0 bridgehead atoms. The molecule has 1 fully saturated rings. The average Bonchev–Trinajstić information content (AvgIpc) is 3.21. The molecule has 0 aliphatic carbocycles. The molecule has 1 aliphatic heterocycles. The molecule has 35 heavy (non-hydrogen) atoms. The first-order chi connectivity index (χ1) is 16.7. The fourth-order valence-corrected chi connectivity index (χ4v) is 4.98. The van der Waals surface area contributed by atoms with Gasteiger partial charge in [0, 0.05) is 32.8 Å². The van der Waals surface area contributed by atoms with Crippen molar-refractivity contribution in [3.05, 3.63) is 76.8 Å². The van der Waals surface area contributed by atoms with Crippen LogP contribution >= 0.6 is 0 Å². The van der Waals surface area contributed by atoms with Crippen LogP contribution in [0.2, 0.25) is 0 Å². The number of aryl methyl sites for hydroxylation is 2. The van der Waals surface area contributed by atoms with E-state index in [9.17, 15) is 4.39 Å². The minimum atomic E-state index is -0.413. The van der Waals surface area contributed by atoms with Gasteiger partial charge in [0.1, 0.15) is 5.52 Å². The van der Waals surface area contributed by atoms with Crippen molar-refractivity contribution < 1.29 is 4.39 Å². The number of anilines is 1. The number of aromatic nitrogens is 5. The van der Waals surface area contributed by atoms with Crippen LogP contribution in [-0.4, -0.2) is 37.6 Å². The molecule has 0 spiro atoms. The predicted molar refractivity (Wildman–Crippen MR) is 137 cm³/mol. The van der Waals surface area contributed by atoms with Gasteiger partial charge in [0.2, 0.25) is 11.9 Å². The molecule has 4 aromatic rings. The highest BCUT2D eigenvalue weighted by Gasteiger charge is 2.25. The normalized spacial score (nSPS) is 15.2. The van der Waals surface area contributed by atoms with Gasteiger partial charge < -0.3 is 9.47 Å². The number of fused-ring (bicyclic) bond motifs is 1. The number of piperidine rings is 1. The van der Waals surface area contributed by atoms with Crippen LogP contribution in [0.3, 0.4) is 0 Å². The Hall–Kier alpha value is -3.35. The second-order valence-corrected chi connectivity index (χ2v) is 10.7. The molecular weight excluding hydrogens is 439 g/mol. The first-order valence-electron chi connectivity index (χ1n) is 12.3. The Morgan fingerprint density at radius 2 is 1.80 bits per heavy atom. The summed E-state index contributed by atoms with van der Waals surface area (Å²) < 4.78 is 15.6. The second-order valence-electron chi connectivity index (χ2n) is 10.7. The summed E-state index contributed by atoms with van der Waals surface area (Å²) in [7, 11) is 2.00. The van der Waals surface area contributed by atoms with E-state index < -0.39 is 5.95 Å². The number of hydrogen-bond acceptors (Lipinski definition) is 5. The molecule has 1 aliphatic rings. The second kappa shape index (κ2) is 9.02. The van der Waals surface area contributed by atoms with Crippen LogP contribution in [0, 0.1) is 12.9 Å². The van der Waals surface area contributed by atoms with Crippen molar-refractivity contribution in [3.63, 3.8) is 0 Å². The average molecular weight is 473 g/mol. The lowest BCUT2D eigenvalue weighted by Crippen LogP contribution is -2.34. The van der Waals surface area contributed by atoms with Crippen LogP contribution in [0.25, 0.3) is 11.2 Å². The van der Waals surface area contributed by atoms with E-state index in [2.05, 4.69) is 60.8 Å². The summed E-state index contributed by atoms with van der Waals surface area (Å²) in [5.74, 6) is 0.643. The predicted octanol–water partition coefficient (Wildman–Crippen LogP) is 5.48. The summed E-state index contributed by atoms with van der Waals surface area (Å²) in [6, 6.07) is 10.2. The lowest BCUT2D eigenvalue weighted by atomic mass is 9.84. The molecule has 1 aromatic carbocycles. The summed E-state index contributed by atoms with van der Waals surface area (Å²) in [4.78, 5) is 20.4. The Balaban J connectivity index is 1.44.